The summed E-state index contributed by atoms with van der Waals surface area (Å²) in [6.07, 6.45) is 5.16. The van der Waals surface area contributed by atoms with Crippen molar-refractivity contribution in [3.8, 4) is 44.8 Å². The molecule has 0 spiro atoms. The molecular weight excluding hydrogens is 853 g/mol. The van der Waals surface area contributed by atoms with Gasteiger partial charge in [-0.2, -0.15) is 0 Å². The van der Waals surface area contributed by atoms with E-state index in [1.807, 2.05) is 54.7 Å². The summed E-state index contributed by atoms with van der Waals surface area (Å²) in [6, 6.07) is 50.2. The van der Waals surface area contributed by atoms with Crippen molar-refractivity contribution in [1.29, 1.82) is 0 Å². The van der Waals surface area contributed by atoms with E-state index in [4.69, 9.17) is 14.4 Å². The van der Waals surface area contributed by atoms with Crippen LogP contribution >= 0.6 is 0 Å². The van der Waals surface area contributed by atoms with Crippen molar-refractivity contribution in [2.75, 3.05) is 0 Å². The summed E-state index contributed by atoms with van der Waals surface area (Å²) in [7, 11) is -1.37. The van der Waals surface area contributed by atoms with E-state index in [1.165, 1.54) is 33.0 Å². The average Bonchev–Trinajstić information content (AvgIpc) is 3.54. The minimum Gasteiger partial charge on any atom is -0.501 e. The fraction of sp³-hybridized carbons (Fsp3) is 0.184. The molecule has 3 nitrogen and oxygen atoms in total. The summed E-state index contributed by atoms with van der Waals surface area (Å²) in [5, 5.41) is 3.69. The summed E-state index contributed by atoms with van der Waals surface area (Å²) >= 11 is 0. The van der Waals surface area contributed by atoms with Gasteiger partial charge in [-0.05, 0) is 63.7 Å². The molecule has 0 atom stereocenters. The van der Waals surface area contributed by atoms with Crippen molar-refractivity contribution >= 4 is 35.2 Å². The van der Waals surface area contributed by atoms with E-state index in [-0.39, 0.29) is 25.5 Å². The van der Waals surface area contributed by atoms with Gasteiger partial charge in [0.1, 0.15) is 5.58 Å². The van der Waals surface area contributed by atoms with Crippen LogP contribution in [0.2, 0.25) is 19.6 Å². The zero-order chi connectivity index (χ0) is 37.2. The number of nitrogens with zero attached hydrogens (tertiary/aromatic N) is 2. The minimum absolute atomic E-state index is 0. The number of hydrogen-bond acceptors (Lipinski definition) is 3. The Balaban J connectivity index is 0.000000198. The van der Waals surface area contributed by atoms with E-state index >= 15 is 0 Å². The molecule has 3 aromatic heterocycles. The summed E-state index contributed by atoms with van der Waals surface area (Å²) in [4.78, 5) is 9.51. The number of hydrogen-bond donors (Lipinski definition) is 0. The third kappa shape index (κ3) is 8.55. The molecule has 0 aliphatic heterocycles. The average molecular weight is 899 g/mol. The third-order valence-electron chi connectivity index (χ3n) is 9.50. The fourth-order valence-electron chi connectivity index (χ4n) is 7.04. The van der Waals surface area contributed by atoms with E-state index in [2.05, 4.69) is 145 Å². The molecule has 0 amide bonds. The summed E-state index contributed by atoms with van der Waals surface area (Å²) in [5.74, 6) is 0. The second kappa shape index (κ2) is 16.2. The Morgan fingerprint density at radius 2 is 1.33 bits per heavy atom. The van der Waals surface area contributed by atoms with Gasteiger partial charge in [0.15, 0.2) is 0 Å². The molecule has 0 unspecified atom stereocenters. The van der Waals surface area contributed by atoms with Crippen LogP contribution in [0.3, 0.4) is 0 Å². The Labute approximate surface area is 334 Å². The van der Waals surface area contributed by atoms with Crippen LogP contribution in [0, 0.1) is 24.5 Å². The van der Waals surface area contributed by atoms with Crippen LogP contribution in [0.5, 0.6) is 0 Å². The molecule has 8 aromatic rings. The maximum absolute atomic E-state index is 6.38. The van der Waals surface area contributed by atoms with Gasteiger partial charge in [-0.15, -0.1) is 54.1 Å². The van der Waals surface area contributed by atoms with E-state index in [0.29, 0.717) is 0 Å². The van der Waals surface area contributed by atoms with Crippen molar-refractivity contribution in [3.05, 3.63) is 163 Å². The normalized spacial score (nSPS) is 11.5. The topological polar surface area (TPSA) is 38.9 Å². The van der Waals surface area contributed by atoms with Gasteiger partial charge in [0, 0.05) is 43.4 Å². The van der Waals surface area contributed by atoms with Crippen molar-refractivity contribution in [1.82, 2.24) is 9.97 Å². The molecule has 0 aliphatic rings. The molecule has 0 N–H and O–H groups in total. The van der Waals surface area contributed by atoms with Crippen LogP contribution < -0.4 is 5.19 Å². The molecule has 5 heteroatoms. The van der Waals surface area contributed by atoms with Crippen molar-refractivity contribution in [2.24, 2.45) is 5.41 Å². The number of pyridine rings is 2. The quantitative estimate of drug-likeness (QED) is 0.123. The molecular formula is C49H46IrN2OSi-2. The molecule has 1 radical (unpaired) electrons. The Hall–Kier alpha value is -4.93. The second-order valence-corrected chi connectivity index (χ2v) is 21.0. The third-order valence-corrected chi connectivity index (χ3v) is 11.6. The number of furan rings is 1. The summed E-state index contributed by atoms with van der Waals surface area (Å²) < 4.78 is 6.38. The van der Waals surface area contributed by atoms with Crippen LogP contribution in [0.4, 0.5) is 0 Å². The van der Waals surface area contributed by atoms with Gasteiger partial charge in [-0.1, -0.05) is 142 Å². The Morgan fingerprint density at radius 1 is 0.667 bits per heavy atom. The van der Waals surface area contributed by atoms with Crippen molar-refractivity contribution < 1.29 is 24.5 Å². The monoisotopic (exact) mass is 899 g/mol. The maximum atomic E-state index is 6.38. The second-order valence-electron chi connectivity index (χ2n) is 16.0. The minimum atomic E-state index is -1.37. The maximum Gasteiger partial charge on any atom is 0.121 e. The van der Waals surface area contributed by atoms with E-state index < -0.39 is 8.07 Å². The molecule has 54 heavy (non-hydrogen) atoms. The summed E-state index contributed by atoms with van der Waals surface area (Å²) in [5.41, 5.74) is 13.1. The van der Waals surface area contributed by atoms with Gasteiger partial charge < -0.3 is 14.4 Å². The largest absolute Gasteiger partial charge is 0.501 e. The molecule has 0 saturated carbocycles. The SMILES string of the molecule is CC(C)(C)Cc1cc(-c2[c-]cccc2)ncc1[Si](C)(C)C.Cc1cc(-c2[c-]ccc3c2oc2cccc(-c4ccccc4)c23)ncc1-c1ccccc1.[Ir]. The van der Waals surface area contributed by atoms with E-state index in [9.17, 15) is 0 Å². The van der Waals surface area contributed by atoms with Gasteiger partial charge in [0.25, 0.3) is 0 Å². The standard InChI is InChI=1S/C30H20NO.C19H26NSi.Ir/c1-20-18-27(31-19-26(20)22-12-6-3-7-13-22)24-15-8-16-25-29-23(21-10-4-2-5-11-21)14-9-17-28(29)32-30(24)25;1-19(2,3)13-16-12-17(15-10-8-7-9-11-15)20-14-18(16)21(4,5)6;/h2-14,16-19H,1H3;7-10,12,14H,13H2,1-6H3;/q2*-1;. The van der Waals surface area contributed by atoms with Crippen molar-refractivity contribution in [2.45, 2.75) is 53.8 Å². The number of aryl methyl sites for hydroxylation is 1. The molecule has 0 bridgehead atoms. The number of aromatic nitrogens is 2. The molecule has 0 fully saturated rings. The van der Waals surface area contributed by atoms with Crippen LogP contribution in [0.15, 0.2) is 144 Å². The summed E-state index contributed by atoms with van der Waals surface area (Å²) in [6.45, 7) is 16.2. The first-order chi connectivity index (χ1) is 25.5. The van der Waals surface area contributed by atoms with E-state index in [1.54, 1.807) is 0 Å². The zero-order valence-corrected chi connectivity index (χ0v) is 35.5. The predicted octanol–water partition coefficient (Wildman–Crippen LogP) is 12.8. The Bertz CT molecular complexity index is 2500. The van der Waals surface area contributed by atoms with Gasteiger partial charge in [0.2, 0.25) is 0 Å². The first kappa shape index (κ1) is 38.8. The first-order valence-corrected chi connectivity index (χ1v) is 21.9. The van der Waals surface area contributed by atoms with E-state index in [0.717, 1.165) is 56.4 Å². The molecule has 3 heterocycles. The Kier molecular flexibility index (Phi) is 11.6. The van der Waals surface area contributed by atoms with Gasteiger partial charge in [-0.3, -0.25) is 0 Å². The molecule has 273 valence electrons. The van der Waals surface area contributed by atoms with Gasteiger partial charge in [-0.25, -0.2) is 0 Å². The van der Waals surface area contributed by atoms with Gasteiger partial charge >= 0.3 is 0 Å². The molecule has 0 saturated heterocycles. The number of benzene rings is 5. The predicted molar refractivity (Wildman–Crippen MR) is 226 cm³/mol. The van der Waals surface area contributed by atoms with Crippen LogP contribution in [-0.2, 0) is 26.5 Å². The van der Waals surface area contributed by atoms with Crippen LogP contribution in [0.1, 0.15) is 31.9 Å². The van der Waals surface area contributed by atoms with Crippen molar-refractivity contribution in [3.63, 3.8) is 0 Å². The number of fused-ring (bicyclic) bond motifs is 3. The molecule has 0 aliphatic carbocycles. The zero-order valence-electron chi connectivity index (χ0n) is 32.1. The van der Waals surface area contributed by atoms with Crippen LogP contribution in [0.25, 0.3) is 66.7 Å². The molecule has 8 rings (SSSR count). The fourth-order valence-corrected chi connectivity index (χ4v) is 8.62. The number of rotatable bonds is 6. The Morgan fingerprint density at radius 3 is 1.96 bits per heavy atom. The van der Waals surface area contributed by atoms with Gasteiger partial charge in [0.05, 0.1) is 13.7 Å². The molecule has 5 aromatic carbocycles. The first-order valence-electron chi connectivity index (χ1n) is 18.4. The van der Waals surface area contributed by atoms with Crippen LogP contribution in [-0.4, -0.2) is 18.0 Å². The smallest absolute Gasteiger partial charge is 0.121 e.